The molecule has 1 saturated heterocycles. The Labute approximate surface area is 112 Å². The van der Waals surface area contributed by atoms with Gasteiger partial charge in [-0.15, -0.1) is 10.2 Å². The minimum absolute atomic E-state index is 0.127. The van der Waals surface area contributed by atoms with Crippen molar-refractivity contribution >= 4 is 11.7 Å². The van der Waals surface area contributed by atoms with E-state index in [4.69, 9.17) is 4.74 Å². The summed E-state index contributed by atoms with van der Waals surface area (Å²) in [5.74, 6) is 0.460. The van der Waals surface area contributed by atoms with Crippen molar-refractivity contribution in [2.45, 2.75) is 38.3 Å². The van der Waals surface area contributed by atoms with Crippen molar-refractivity contribution in [2.24, 2.45) is 0 Å². The van der Waals surface area contributed by atoms with Crippen LogP contribution in [0.4, 0.5) is 5.82 Å². The lowest BCUT2D eigenvalue weighted by molar-refractivity contribution is -0.0615. The van der Waals surface area contributed by atoms with E-state index in [9.17, 15) is 4.79 Å². The largest absolute Gasteiger partial charge is 0.375 e. The molecule has 104 valence electrons. The Kier molecular flexibility index (Phi) is 3.99. The SMILES string of the molecule is CNc1ccc(C(=O)NC2CCOC(C)(C)C2)nn1. The van der Waals surface area contributed by atoms with Crippen molar-refractivity contribution in [3.63, 3.8) is 0 Å². The Morgan fingerprint density at radius 3 is 2.79 bits per heavy atom. The molecule has 1 aromatic rings. The smallest absolute Gasteiger partial charge is 0.272 e. The molecular formula is C13H20N4O2. The van der Waals surface area contributed by atoms with Gasteiger partial charge in [0, 0.05) is 19.7 Å². The Morgan fingerprint density at radius 2 is 2.21 bits per heavy atom. The predicted octanol–water partition coefficient (Wildman–Crippen LogP) is 1.21. The van der Waals surface area contributed by atoms with Crippen LogP contribution in [0.1, 0.15) is 37.2 Å². The van der Waals surface area contributed by atoms with Crippen LogP contribution in [0.3, 0.4) is 0 Å². The molecular weight excluding hydrogens is 244 g/mol. The first kappa shape index (κ1) is 13.7. The number of rotatable bonds is 3. The normalized spacial score (nSPS) is 21.7. The van der Waals surface area contributed by atoms with E-state index < -0.39 is 0 Å². The molecule has 1 aliphatic heterocycles. The number of ether oxygens (including phenoxy) is 1. The number of nitrogens with one attached hydrogen (secondary N) is 2. The maximum Gasteiger partial charge on any atom is 0.272 e. The second kappa shape index (κ2) is 5.52. The molecule has 0 aliphatic carbocycles. The molecule has 6 nitrogen and oxygen atoms in total. The molecule has 1 aromatic heterocycles. The second-order valence-electron chi connectivity index (χ2n) is 5.33. The van der Waals surface area contributed by atoms with Crippen LogP contribution in [-0.2, 0) is 4.74 Å². The average molecular weight is 264 g/mol. The Bertz CT molecular complexity index is 444. The summed E-state index contributed by atoms with van der Waals surface area (Å²) < 4.78 is 5.63. The van der Waals surface area contributed by atoms with Crippen LogP contribution in [0.15, 0.2) is 12.1 Å². The predicted molar refractivity (Wildman–Crippen MR) is 72.1 cm³/mol. The number of hydrogen-bond acceptors (Lipinski definition) is 5. The van der Waals surface area contributed by atoms with Crippen LogP contribution in [0.25, 0.3) is 0 Å². The van der Waals surface area contributed by atoms with Crippen molar-refractivity contribution in [1.29, 1.82) is 0 Å². The maximum absolute atomic E-state index is 12.0. The first-order valence-corrected chi connectivity index (χ1v) is 6.46. The molecule has 2 rings (SSSR count). The van der Waals surface area contributed by atoms with Crippen molar-refractivity contribution in [3.8, 4) is 0 Å². The molecule has 0 saturated carbocycles. The second-order valence-corrected chi connectivity index (χ2v) is 5.33. The first-order chi connectivity index (χ1) is 9.00. The first-order valence-electron chi connectivity index (χ1n) is 6.46. The van der Waals surface area contributed by atoms with E-state index in [0.29, 0.717) is 18.1 Å². The summed E-state index contributed by atoms with van der Waals surface area (Å²) in [6.45, 7) is 4.74. The highest BCUT2D eigenvalue weighted by molar-refractivity contribution is 5.92. The fraction of sp³-hybridized carbons (Fsp3) is 0.615. The Hall–Kier alpha value is -1.69. The van der Waals surface area contributed by atoms with E-state index in [0.717, 1.165) is 12.8 Å². The Morgan fingerprint density at radius 1 is 1.42 bits per heavy atom. The number of nitrogens with zero attached hydrogens (tertiary/aromatic N) is 2. The summed E-state index contributed by atoms with van der Waals surface area (Å²) >= 11 is 0. The number of carbonyl (C=O) groups excluding carboxylic acids is 1. The molecule has 1 fully saturated rings. The van der Waals surface area contributed by atoms with Gasteiger partial charge in [0.2, 0.25) is 0 Å². The molecule has 1 unspecified atom stereocenters. The molecule has 6 heteroatoms. The zero-order valence-electron chi connectivity index (χ0n) is 11.6. The topological polar surface area (TPSA) is 76.1 Å². The van der Waals surface area contributed by atoms with Crippen LogP contribution in [-0.4, -0.2) is 41.4 Å². The zero-order chi connectivity index (χ0) is 13.9. The van der Waals surface area contributed by atoms with Gasteiger partial charge in [-0.25, -0.2) is 0 Å². The Balaban J connectivity index is 1.96. The van der Waals surface area contributed by atoms with Gasteiger partial charge in [-0.3, -0.25) is 4.79 Å². The van der Waals surface area contributed by atoms with Gasteiger partial charge in [0.25, 0.3) is 5.91 Å². The van der Waals surface area contributed by atoms with Gasteiger partial charge in [0.1, 0.15) is 5.82 Å². The van der Waals surface area contributed by atoms with Gasteiger partial charge in [-0.05, 0) is 38.8 Å². The van der Waals surface area contributed by atoms with Crippen molar-refractivity contribution in [2.75, 3.05) is 19.0 Å². The molecule has 1 amide bonds. The van der Waals surface area contributed by atoms with Gasteiger partial charge in [0.15, 0.2) is 5.69 Å². The van der Waals surface area contributed by atoms with Crippen LogP contribution in [0, 0.1) is 0 Å². The third kappa shape index (κ3) is 3.64. The molecule has 1 atom stereocenters. The average Bonchev–Trinajstić information content (AvgIpc) is 2.37. The third-order valence-electron chi connectivity index (χ3n) is 3.19. The lowest BCUT2D eigenvalue weighted by Gasteiger charge is -2.35. The molecule has 0 aromatic carbocycles. The minimum Gasteiger partial charge on any atom is -0.375 e. The summed E-state index contributed by atoms with van der Waals surface area (Å²) in [4.78, 5) is 12.0. The highest BCUT2D eigenvalue weighted by Crippen LogP contribution is 2.24. The molecule has 19 heavy (non-hydrogen) atoms. The summed E-state index contributed by atoms with van der Waals surface area (Å²) in [6.07, 6.45) is 1.64. The summed E-state index contributed by atoms with van der Waals surface area (Å²) in [5.41, 5.74) is 0.154. The number of hydrogen-bond donors (Lipinski definition) is 2. The van der Waals surface area contributed by atoms with E-state index >= 15 is 0 Å². The molecule has 2 N–H and O–H groups in total. The van der Waals surface area contributed by atoms with E-state index in [2.05, 4.69) is 20.8 Å². The van der Waals surface area contributed by atoms with Gasteiger partial charge in [-0.2, -0.15) is 0 Å². The number of aromatic nitrogens is 2. The third-order valence-corrected chi connectivity index (χ3v) is 3.19. The van der Waals surface area contributed by atoms with Gasteiger partial charge >= 0.3 is 0 Å². The standard InChI is InChI=1S/C13H20N4O2/c1-13(2)8-9(6-7-19-13)15-12(18)10-4-5-11(14-3)17-16-10/h4-5,9H,6-8H2,1-3H3,(H,14,17)(H,15,18). The van der Waals surface area contributed by atoms with E-state index in [1.54, 1.807) is 19.2 Å². The summed E-state index contributed by atoms with van der Waals surface area (Å²) in [7, 11) is 1.76. The highest BCUT2D eigenvalue weighted by Gasteiger charge is 2.30. The lowest BCUT2D eigenvalue weighted by atomic mass is 9.94. The van der Waals surface area contributed by atoms with Crippen molar-refractivity contribution < 1.29 is 9.53 Å². The van der Waals surface area contributed by atoms with Crippen LogP contribution >= 0.6 is 0 Å². The lowest BCUT2D eigenvalue weighted by Crippen LogP contribution is -2.46. The quantitative estimate of drug-likeness (QED) is 0.858. The van der Waals surface area contributed by atoms with Crippen LogP contribution in [0.2, 0.25) is 0 Å². The number of amides is 1. The number of carbonyl (C=O) groups is 1. The maximum atomic E-state index is 12.0. The zero-order valence-corrected chi connectivity index (χ0v) is 11.6. The van der Waals surface area contributed by atoms with E-state index in [1.165, 1.54) is 0 Å². The van der Waals surface area contributed by atoms with Gasteiger partial charge in [-0.1, -0.05) is 0 Å². The molecule has 0 radical (unpaired) electrons. The van der Waals surface area contributed by atoms with Crippen molar-refractivity contribution in [1.82, 2.24) is 15.5 Å². The number of anilines is 1. The molecule has 0 spiro atoms. The highest BCUT2D eigenvalue weighted by atomic mass is 16.5. The van der Waals surface area contributed by atoms with Gasteiger partial charge < -0.3 is 15.4 Å². The fourth-order valence-electron chi connectivity index (χ4n) is 2.20. The minimum atomic E-state index is -0.183. The summed E-state index contributed by atoms with van der Waals surface area (Å²) in [6, 6.07) is 3.52. The van der Waals surface area contributed by atoms with Crippen LogP contribution < -0.4 is 10.6 Å². The summed E-state index contributed by atoms with van der Waals surface area (Å²) in [5, 5.41) is 13.6. The molecule has 1 aliphatic rings. The molecule has 2 heterocycles. The molecule has 0 bridgehead atoms. The van der Waals surface area contributed by atoms with E-state index in [1.807, 2.05) is 13.8 Å². The van der Waals surface area contributed by atoms with Crippen LogP contribution in [0.5, 0.6) is 0 Å². The fourth-order valence-corrected chi connectivity index (χ4v) is 2.20. The monoisotopic (exact) mass is 264 g/mol. The van der Waals surface area contributed by atoms with E-state index in [-0.39, 0.29) is 17.6 Å². The van der Waals surface area contributed by atoms with Gasteiger partial charge in [0.05, 0.1) is 5.60 Å². The van der Waals surface area contributed by atoms with Crippen molar-refractivity contribution in [3.05, 3.63) is 17.8 Å².